The van der Waals surface area contributed by atoms with E-state index in [1.807, 2.05) is 0 Å². The Kier molecular flexibility index (Phi) is 4.17. The topological polar surface area (TPSA) is 49.3 Å². The van der Waals surface area contributed by atoms with Crippen molar-refractivity contribution in [2.45, 2.75) is 38.1 Å². The maximum Gasteiger partial charge on any atom is 0.262 e. The number of hydrogen-bond donors (Lipinski definition) is 2. The summed E-state index contributed by atoms with van der Waals surface area (Å²) in [4.78, 5) is 11.4. The molecule has 0 radical (unpaired) electrons. The van der Waals surface area contributed by atoms with Gasteiger partial charge in [0.15, 0.2) is 0 Å². The fourth-order valence-corrected chi connectivity index (χ4v) is 1.99. The van der Waals surface area contributed by atoms with E-state index in [0.29, 0.717) is 5.92 Å². The number of hydrogen-bond acceptors (Lipinski definition) is 2. The number of nitrogens with one attached hydrogen (secondary N) is 1. The van der Waals surface area contributed by atoms with Gasteiger partial charge in [0.25, 0.3) is 5.91 Å². The van der Waals surface area contributed by atoms with Crippen LogP contribution in [0.15, 0.2) is 11.6 Å². The molecule has 0 unspecified atom stereocenters. The predicted octanol–water partition coefficient (Wildman–Crippen LogP) is 1.80. The lowest BCUT2D eigenvalue weighted by Gasteiger charge is -2.38. The van der Waals surface area contributed by atoms with Gasteiger partial charge in [-0.05, 0) is 31.6 Å². The first-order chi connectivity index (χ1) is 6.99. The highest BCUT2D eigenvalue weighted by Crippen LogP contribution is 2.31. The molecular weight excluding hydrogens is 214 g/mol. The van der Waals surface area contributed by atoms with E-state index >= 15 is 0 Å². The normalized spacial score (nSPS) is 31.0. The fourth-order valence-electron chi connectivity index (χ4n) is 1.95. The highest BCUT2D eigenvalue weighted by molar-refractivity contribution is 6.41. The molecule has 0 aromatic heterocycles. The molecule has 1 aliphatic carbocycles. The second kappa shape index (κ2) is 4.99. The maximum absolute atomic E-state index is 11.4. The van der Waals surface area contributed by atoms with Crippen LogP contribution in [0.25, 0.3) is 0 Å². The zero-order valence-electron chi connectivity index (χ0n) is 9.05. The standard InChI is InChI=1S/C11H18ClNO2/c1-8-3-5-11(7-14,6-4-8)13-10(15)9(2)12/h8,14H,2-7H2,1H3,(H,13,15). The minimum absolute atomic E-state index is 0.0264. The maximum atomic E-state index is 11.4. The zero-order valence-corrected chi connectivity index (χ0v) is 9.81. The van der Waals surface area contributed by atoms with Crippen molar-refractivity contribution in [3.8, 4) is 0 Å². The molecule has 1 aliphatic rings. The van der Waals surface area contributed by atoms with E-state index in [4.69, 9.17) is 11.6 Å². The van der Waals surface area contributed by atoms with E-state index < -0.39 is 5.54 Å². The number of carbonyl (C=O) groups excluding carboxylic acids is 1. The van der Waals surface area contributed by atoms with Crippen molar-refractivity contribution in [2.75, 3.05) is 6.61 Å². The van der Waals surface area contributed by atoms with Crippen LogP contribution in [0.2, 0.25) is 0 Å². The highest BCUT2D eigenvalue weighted by atomic mass is 35.5. The van der Waals surface area contributed by atoms with Crippen molar-refractivity contribution in [1.82, 2.24) is 5.32 Å². The molecule has 0 heterocycles. The summed E-state index contributed by atoms with van der Waals surface area (Å²) in [5.74, 6) is 0.293. The Labute approximate surface area is 95.5 Å². The van der Waals surface area contributed by atoms with Gasteiger partial charge in [-0.25, -0.2) is 0 Å². The average Bonchev–Trinajstić information content (AvgIpc) is 2.21. The summed E-state index contributed by atoms with van der Waals surface area (Å²) in [6, 6.07) is 0. The zero-order chi connectivity index (χ0) is 11.5. The molecule has 0 atom stereocenters. The summed E-state index contributed by atoms with van der Waals surface area (Å²) in [7, 11) is 0. The number of halogens is 1. The molecule has 0 saturated heterocycles. The van der Waals surface area contributed by atoms with Crippen LogP contribution in [0.4, 0.5) is 0 Å². The molecule has 2 N–H and O–H groups in total. The largest absolute Gasteiger partial charge is 0.394 e. The predicted molar refractivity (Wildman–Crippen MR) is 60.6 cm³/mol. The lowest BCUT2D eigenvalue weighted by atomic mass is 9.77. The summed E-state index contributed by atoms with van der Waals surface area (Å²) in [6.45, 7) is 5.52. The summed E-state index contributed by atoms with van der Waals surface area (Å²) in [5, 5.41) is 12.1. The first-order valence-electron chi connectivity index (χ1n) is 5.27. The van der Waals surface area contributed by atoms with Gasteiger partial charge < -0.3 is 10.4 Å². The van der Waals surface area contributed by atoms with Crippen LogP contribution in [0, 0.1) is 5.92 Å². The lowest BCUT2D eigenvalue weighted by molar-refractivity contribution is -0.120. The number of rotatable bonds is 3. The number of aliphatic hydroxyl groups excluding tert-OH is 1. The van der Waals surface area contributed by atoms with Crippen molar-refractivity contribution >= 4 is 17.5 Å². The van der Waals surface area contributed by atoms with Gasteiger partial charge in [-0.2, -0.15) is 0 Å². The van der Waals surface area contributed by atoms with E-state index in [0.717, 1.165) is 25.7 Å². The Balaban J connectivity index is 2.61. The fraction of sp³-hybridized carbons (Fsp3) is 0.727. The Morgan fingerprint density at radius 2 is 2.13 bits per heavy atom. The van der Waals surface area contributed by atoms with Gasteiger partial charge in [0.2, 0.25) is 0 Å². The van der Waals surface area contributed by atoms with E-state index in [1.165, 1.54) is 0 Å². The van der Waals surface area contributed by atoms with Crippen molar-refractivity contribution in [2.24, 2.45) is 5.92 Å². The molecule has 15 heavy (non-hydrogen) atoms. The minimum atomic E-state index is -0.485. The van der Waals surface area contributed by atoms with Crippen LogP contribution < -0.4 is 5.32 Å². The van der Waals surface area contributed by atoms with Crippen LogP contribution in [0.3, 0.4) is 0 Å². The summed E-state index contributed by atoms with van der Waals surface area (Å²) in [6.07, 6.45) is 3.66. The Hall–Kier alpha value is -0.540. The van der Waals surface area contributed by atoms with E-state index in [-0.39, 0.29) is 17.5 Å². The number of aliphatic hydroxyl groups is 1. The van der Waals surface area contributed by atoms with Crippen LogP contribution >= 0.6 is 11.6 Å². The SMILES string of the molecule is C=C(Cl)C(=O)NC1(CO)CCC(C)CC1. The van der Waals surface area contributed by atoms with Crippen molar-refractivity contribution in [3.05, 3.63) is 11.6 Å². The molecule has 0 aromatic carbocycles. The van der Waals surface area contributed by atoms with Gasteiger partial charge in [-0.1, -0.05) is 25.1 Å². The summed E-state index contributed by atoms with van der Waals surface area (Å²) < 4.78 is 0. The monoisotopic (exact) mass is 231 g/mol. The highest BCUT2D eigenvalue weighted by Gasteiger charge is 2.35. The van der Waals surface area contributed by atoms with Gasteiger partial charge in [-0.15, -0.1) is 0 Å². The first-order valence-corrected chi connectivity index (χ1v) is 5.65. The van der Waals surface area contributed by atoms with Gasteiger partial charge >= 0.3 is 0 Å². The molecule has 1 amide bonds. The van der Waals surface area contributed by atoms with Gasteiger partial charge in [-0.3, -0.25) is 4.79 Å². The molecular formula is C11H18ClNO2. The smallest absolute Gasteiger partial charge is 0.262 e. The minimum Gasteiger partial charge on any atom is -0.394 e. The molecule has 86 valence electrons. The second-order valence-corrected chi connectivity index (χ2v) is 4.94. The third-order valence-corrected chi connectivity index (χ3v) is 3.33. The molecule has 4 heteroatoms. The summed E-state index contributed by atoms with van der Waals surface area (Å²) in [5.41, 5.74) is -0.485. The van der Waals surface area contributed by atoms with Crippen LogP contribution in [0.5, 0.6) is 0 Å². The van der Waals surface area contributed by atoms with Crippen molar-refractivity contribution < 1.29 is 9.90 Å². The van der Waals surface area contributed by atoms with E-state index in [9.17, 15) is 9.90 Å². The van der Waals surface area contributed by atoms with Crippen LogP contribution in [-0.2, 0) is 4.79 Å². The average molecular weight is 232 g/mol. The molecule has 0 spiro atoms. The molecule has 0 aliphatic heterocycles. The van der Waals surface area contributed by atoms with Crippen molar-refractivity contribution in [1.29, 1.82) is 0 Å². The lowest BCUT2D eigenvalue weighted by Crippen LogP contribution is -2.53. The Bertz CT molecular complexity index is 257. The molecule has 1 rings (SSSR count). The van der Waals surface area contributed by atoms with Gasteiger partial charge in [0.1, 0.15) is 0 Å². The molecule has 1 fully saturated rings. The third kappa shape index (κ3) is 3.21. The Morgan fingerprint density at radius 1 is 1.60 bits per heavy atom. The quantitative estimate of drug-likeness (QED) is 0.728. The van der Waals surface area contributed by atoms with Crippen LogP contribution in [0.1, 0.15) is 32.6 Å². The number of carbonyl (C=O) groups is 1. The number of amides is 1. The van der Waals surface area contributed by atoms with E-state index in [1.54, 1.807) is 0 Å². The second-order valence-electron chi connectivity index (χ2n) is 4.48. The van der Waals surface area contributed by atoms with Crippen LogP contribution in [-0.4, -0.2) is 23.2 Å². The molecule has 3 nitrogen and oxygen atoms in total. The van der Waals surface area contributed by atoms with E-state index in [2.05, 4.69) is 18.8 Å². The van der Waals surface area contributed by atoms with Gasteiger partial charge in [0.05, 0.1) is 17.2 Å². The van der Waals surface area contributed by atoms with Gasteiger partial charge in [0, 0.05) is 0 Å². The molecule has 0 aromatic rings. The molecule has 1 saturated carbocycles. The molecule has 0 bridgehead atoms. The van der Waals surface area contributed by atoms with Crippen molar-refractivity contribution in [3.63, 3.8) is 0 Å². The third-order valence-electron chi connectivity index (χ3n) is 3.16. The first kappa shape index (κ1) is 12.5. The summed E-state index contributed by atoms with van der Waals surface area (Å²) >= 11 is 5.51. The Morgan fingerprint density at radius 3 is 2.53 bits per heavy atom.